The number of amides is 1. The summed E-state index contributed by atoms with van der Waals surface area (Å²) in [5.41, 5.74) is 0.982. The molecule has 1 aromatic carbocycles. The van der Waals surface area contributed by atoms with E-state index in [0.29, 0.717) is 19.8 Å². The Labute approximate surface area is 146 Å². The van der Waals surface area contributed by atoms with Crippen LogP contribution in [0.3, 0.4) is 0 Å². The van der Waals surface area contributed by atoms with Crippen LogP contribution in [-0.4, -0.2) is 53.4 Å². The topological polar surface area (TPSA) is 59.4 Å². The summed E-state index contributed by atoms with van der Waals surface area (Å²) in [6.45, 7) is 5.16. The first-order chi connectivity index (χ1) is 12.1. The fourth-order valence-corrected chi connectivity index (χ4v) is 3.01. The van der Waals surface area contributed by atoms with Crippen LogP contribution < -0.4 is 5.32 Å². The molecule has 1 aliphatic rings. The third kappa shape index (κ3) is 4.43. The fourth-order valence-electron chi connectivity index (χ4n) is 3.01. The van der Waals surface area contributed by atoms with Gasteiger partial charge >= 0.3 is 0 Å². The molecule has 1 saturated heterocycles. The summed E-state index contributed by atoms with van der Waals surface area (Å²) in [6, 6.07) is 7.86. The number of ether oxygens (including phenoxy) is 1. The van der Waals surface area contributed by atoms with Crippen molar-refractivity contribution in [3.05, 3.63) is 54.1 Å². The molecular formula is C18H23FN4O2. The van der Waals surface area contributed by atoms with E-state index in [-0.39, 0.29) is 23.8 Å². The maximum atomic E-state index is 13.3. The minimum atomic E-state index is -0.381. The molecule has 0 aliphatic carbocycles. The summed E-state index contributed by atoms with van der Waals surface area (Å²) < 4.78 is 20.3. The molecule has 0 radical (unpaired) electrons. The molecule has 0 unspecified atom stereocenters. The van der Waals surface area contributed by atoms with Crippen molar-refractivity contribution in [2.45, 2.75) is 19.0 Å². The molecule has 7 heteroatoms. The van der Waals surface area contributed by atoms with Gasteiger partial charge in [-0.15, -0.1) is 0 Å². The molecule has 2 heterocycles. The third-order valence-corrected chi connectivity index (χ3v) is 4.51. The lowest BCUT2D eigenvalue weighted by atomic mass is 10.0. The number of halogens is 1. The summed E-state index contributed by atoms with van der Waals surface area (Å²) in [4.78, 5) is 14.7. The molecule has 1 aromatic heterocycles. The Morgan fingerprint density at radius 2 is 2.04 bits per heavy atom. The van der Waals surface area contributed by atoms with E-state index in [9.17, 15) is 9.18 Å². The van der Waals surface area contributed by atoms with E-state index in [4.69, 9.17) is 4.74 Å². The second kappa shape index (κ2) is 8.22. The van der Waals surface area contributed by atoms with Crippen molar-refractivity contribution in [2.75, 3.05) is 32.8 Å². The molecule has 0 bridgehead atoms. The molecular weight excluding hydrogens is 323 g/mol. The molecule has 1 amide bonds. The van der Waals surface area contributed by atoms with Crippen molar-refractivity contribution < 1.29 is 13.9 Å². The number of benzene rings is 1. The molecule has 1 fully saturated rings. The molecule has 25 heavy (non-hydrogen) atoms. The first-order valence-electron chi connectivity index (χ1n) is 8.49. The van der Waals surface area contributed by atoms with Crippen molar-refractivity contribution in [3.8, 4) is 0 Å². The summed E-state index contributed by atoms with van der Waals surface area (Å²) in [5, 5.41) is 7.11. The molecule has 3 rings (SSSR count). The van der Waals surface area contributed by atoms with E-state index in [1.54, 1.807) is 35.3 Å². The van der Waals surface area contributed by atoms with E-state index in [1.165, 1.54) is 12.1 Å². The lowest BCUT2D eigenvalue weighted by Gasteiger charge is -2.35. The standard InChI is InChI=1S/C18H23FN4O2/c1-14(23-8-2-7-21-23)18(24)20-13-17(22-9-11-25-12-10-22)15-3-5-16(19)6-4-15/h2-8,14,17H,9-13H2,1H3,(H,20,24)/t14-,17-/m1/s1. The number of nitrogens with one attached hydrogen (secondary N) is 1. The van der Waals surface area contributed by atoms with Gasteiger partial charge in [0.05, 0.1) is 19.3 Å². The molecule has 2 atom stereocenters. The molecule has 1 aliphatic heterocycles. The zero-order valence-electron chi connectivity index (χ0n) is 14.3. The average Bonchev–Trinajstić information content (AvgIpc) is 3.18. The number of rotatable bonds is 6. The zero-order chi connectivity index (χ0) is 17.6. The van der Waals surface area contributed by atoms with Gasteiger partial charge in [0.2, 0.25) is 5.91 Å². The van der Waals surface area contributed by atoms with E-state index >= 15 is 0 Å². The quantitative estimate of drug-likeness (QED) is 0.866. The minimum absolute atomic E-state index is 0.0155. The summed E-state index contributed by atoms with van der Waals surface area (Å²) in [7, 11) is 0. The highest BCUT2D eigenvalue weighted by Gasteiger charge is 2.24. The van der Waals surface area contributed by atoms with E-state index in [0.717, 1.165) is 18.7 Å². The van der Waals surface area contributed by atoms with Crippen LogP contribution in [0.25, 0.3) is 0 Å². The average molecular weight is 346 g/mol. The SMILES string of the molecule is C[C@H](C(=O)NC[C@H](c1ccc(F)cc1)N1CCOCC1)n1cccn1. The number of hydrogen-bond acceptors (Lipinski definition) is 4. The van der Waals surface area contributed by atoms with Crippen LogP contribution in [0.4, 0.5) is 4.39 Å². The van der Waals surface area contributed by atoms with Gasteiger partial charge in [0.15, 0.2) is 0 Å². The first kappa shape index (κ1) is 17.6. The van der Waals surface area contributed by atoms with Crippen LogP contribution >= 0.6 is 0 Å². The van der Waals surface area contributed by atoms with Crippen LogP contribution in [0.1, 0.15) is 24.6 Å². The second-order valence-corrected chi connectivity index (χ2v) is 6.12. The van der Waals surface area contributed by atoms with E-state index in [1.807, 2.05) is 6.92 Å². The molecule has 0 saturated carbocycles. The normalized spacial score (nSPS) is 17.8. The van der Waals surface area contributed by atoms with E-state index in [2.05, 4.69) is 15.3 Å². The van der Waals surface area contributed by atoms with Gasteiger partial charge in [-0.2, -0.15) is 5.10 Å². The molecule has 1 N–H and O–H groups in total. The number of hydrogen-bond donors (Lipinski definition) is 1. The Hall–Kier alpha value is -2.25. The van der Waals surface area contributed by atoms with E-state index < -0.39 is 0 Å². The monoisotopic (exact) mass is 346 g/mol. The van der Waals surface area contributed by atoms with Crippen LogP contribution in [0.5, 0.6) is 0 Å². The number of aromatic nitrogens is 2. The Bertz CT molecular complexity index is 669. The van der Waals surface area contributed by atoms with Gasteiger partial charge in [0.1, 0.15) is 11.9 Å². The maximum absolute atomic E-state index is 13.3. The van der Waals surface area contributed by atoms with Crippen molar-refractivity contribution in [3.63, 3.8) is 0 Å². The highest BCUT2D eigenvalue weighted by Crippen LogP contribution is 2.22. The Morgan fingerprint density at radius 3 is 2.68 bits per heavy atom. The predicted octanol–water partition coefficient (Wildman–Crippen LogP) is 1.77. The Kier molecular flexibility index (Phi) is 5.78. The van der Waals surface area contributed by atoms with Gasteiger partial charge in [0.25, 0.3) is 0 Å². The number of morpholine rings is 1. The third-order valence-electron chi connectivity index (χ3n) is 4.51. The summed E-state index contributed by atoms with van der Waals surface area (Å²) in [6.07, 6.45) is 3.42. The van der Waals surface area contributed by atoms with Crippen molar-refractivity contribution in [2.24, 2.45) is 0 Å². The van der Waals surface area contributed by atoms with Crippen LogP contribution in [0, 0.1) is 5.82 Å². The van der Waals surface area contributed by atoms with Gasteiger partial charge in [-0.1, -0.05) is 12.1 Å². The zero-order valence-corrected chi connectivity index (χ0v) is 14.3. The highest BCUT2D eigenvalue weighted by atomic mass is 19.1. The molecule has 134 valence electrons. The highest BCUT2D eigenvalue weighted by molar-refractivity contribution is 5.79. The van der Waals surface area contributed by atoms with Crippen LogP contribution in [0.15, 0.2) is 42.7 Å². The predicted molar refractivity (Wildman–Crippen MR) is 91.5 cm³/mol. The summed E-state index contributed by atoms with van der Waals surface area (Å²) >= 11 is 0. The van der Waals surface area contributed by atoms with Gasteiger partial charge in [-0.25, -0.2) is 4.39 Å². The number of carbonyl (C=O) groups is 1. The van der Waals surface area contributed by atoms with Gasteiger partial charge in [0, 0.05) is 32.0 Å². The minimum Gasteiger partial charge on any atom is -0.379 e. The van der Waals surface area contributed by atoms with Crippen molar-refractivity contribution in [1.29, 1.82) is 0 Å². The molecule has 2 aromatic rings. The largest absolute Gasteiger partial charge is 0.379 e. The van der Waals surface area contributed by atoms with Gasteiger partial charge in [-0.3, -0.25) is 14.4 Å². The smallest absolute Gasteiger partial charge is 0.244 e. The Morgan fingerprint density at radius 1 is 1.32 bits per heavy atom. The first-order valence-corrected chi connectivity index (χ1v) is 8.49. The molecule has 0 spiro atoms. The van der Waals surface area contributed by atoms with Gasteiger partial charge < -0.3 is 10.1 Å². The van der Waals surface area contributed by atoms with Crippen LogP contribution in [-0.2, 0) is 9.53 Å². The van der Waals surface area contributed by atoms with Crippen LogP contribution in [0.2, 0.25) is 0 Å². The number of nitrogens with zero attached hydrogens (tertiary/aromatic N) is 3. The fraction of sp³-hybridized carbons (Fsp3) is 0.444. The lowest BCUT2D eigenvalue weighted by molar-refractivity contribution is -0.124. The maximum Gasteiger partial charge on any atom is 0.244 e. The van der Waals surface area contributed by atoms with Crippen molar-refractivity contribution >= 4 is 5.91 Å². The lowest BCUT2D eigenvalue weighted by Crippen LogP contribution is -2.44. The second-order valence-electron chi connectivity index (χ2n) is 6.12. The Balaban J connectivity index is 1.68. The number of carbonyl (C=O) groups excluding carboxylic acids is 1. The van der Waals surface area contributed by atoms with Gasteiger partial charge in [-0.05, 0) is 30.7 Å². The summed E-state index contributed by atoms with van der Waals surface area (Å²) in [5.74, 6) is -0.357. The molecule has 6 nitrogen and oxygen atoms in total. The van der Waals surface area contributed by atoms with Crippen molar-refractivity contribution in [1.82, 2.24) is 20.0 Å².